The summed E-state index contributed by atoms with van der Waals surface area (Å²) >= 11 is 0. The van der Waals surface area contributed by atoms with Gasteiger partial charge in [0, 0.05) is 0 Å². The van der Waals surface area contributed by atoms with E-state index >= 15 is 0 Å². The standard InChI is InChI=1S/C9H14NO3/c1-13-9(12)8-2-4-10(5-3-8)6-7-11/h8H,2-6H2,1H3. The molecule has 0 aromatic heterocycles. The molecule has 0 spiro atoms. The Balaban J connectivity index is 2.30. The van der Waals surface area contributed by atoms with Gasteiger partial charge >= 0.3 is 5.97 Å². The number of likely N-dealkylation sites (tertiary alicyclic amines) is 1. The highest BCUT2D eigenvalue weighted by Crippen LogP contribution is 2.17. The zero-order chi connectivity index (χ0) is 9.68. The zero-order valence-corrected chi connectivity index (χ0v) is 7.78. The predicted octanol–water partition coefficient (Wildman–Crippen LogP) is -0.0189. The summed E-state index contributed by atoms with van der Waals surface area (Å²) in [7, 11) is 1.41. The summed E-state index contributed by atoms with van der Waals surface area (Å²) in [5.41, 5.74) is 0. The van der Waals surface area contributed by atoms with E-state index in [2.05, 4.69) is 4.74 Å². The number of ether oxygens (including phenoxy) is 1. The van der Waals surface area contributed by atoms with Gasteiger partial charge in [-0.2, -0.15) is 0 Å². The maximum atomic E-state index is 11.1. The molecule has 0 bridgehead atoms. The highest BCUT2D eigenvalue weighted by molar-refractivity contribution is 5.72. The summed E-state index contributed by atoms with van der Waals surface area (Å²) in [6.07, 6.45) is 3.43. The van der Waals surface area contributed by atoms with Gasteiger partial charge in [-0.25, -0.2) is 0 Å². The van der Waals surface area contributed by atoms with Crippen molar-refractivity contribution in [1.29, 1.82) is 0 Å². The molecule has 1 aliphatic heterocycles. The van der Waals surface area contributed by atoms with Gasteiger partial charge in [-0.05, 0) is 25.9 Å². The minimum Gasteiger partial charge on any atom is -0.469 e. The third kappa shape index (κ3) is 2.81. The summed E-state index contributed by atoms with van der Waals surface area (Å²) in [6.45, 7) is 1.93. The average Bonchev–Trinajstić information content (AvgIpc) is 2.18. The van der Waals surface area contributed by atoms with E-state index in [-0.39, 0.29) is 11.9 Å². The van der Waals surface area contributed by atoms with Gasteiger partial charge in [0.1, 0.15) is 0 Å². The van der Waals surface area contributed by atoms with Crippen molar-refractivity contribution < 1.29 is 14.3 Å². The van der Waals surface area contributed by atoms with Gasteiger partial charge in [-0.1, -0.05) is 0 Å². The highest BCUT2D eigenvalue weighted by Gasteiger charge is 2.24. The van der Waals surface area contributed by atoms with E-state index in [0.29, 0.717) is 6.54 Å². The fraction of sp³-hybridized carbons (Fsp3) is 0.778. The number of nitrogens with zero attached hydrogens (tertiary/aromatic N) is 1. The second-order valence-corrected chi connectivity index (χ2v) is 3.22. The van der Waals surface area contributed by atoms with Crippen LogP contribution in [0.15, 0.2) is 0 Å². The molecule has 13 heavy (non-hydrogen) atoms. The lowest BCUT2D eigenvalue weighted by atomic mass is 9.97. The van der Waals surface area contributed by atoms with E-state index in [4.69, 9.17) is 0 Å². The van der Waals surface area contributed by atoms with Gasteiger partial charge < -0.3 is 4.74 Å². The van der Waals surface area contributed by atoms with Gasteiger partial charge in [-0.15, -0.1) is 0 Å². The van der Waals surface area contributed by atoms with Crippen molar-refractivity contribution in [2.45, 2.75) is 12.8 Å². The quantitative estimate of drug-likeness (QED) is 0.578. The van der Waals surface area contributed by atoms with E-state index < -0.39 is 0 Å². The monoisotopic (exact) mass is 184 g/mol. The van der Waals surface area contributed by atoms with Crippen molar-refractivity contribution in [3.05, 3.63) is 0 Å². The van der Waals surface area contributed by atoms with Crippen molar-refractivity contribution >= 4 is 12.3 Å². The Kier molecular flexibility index (Phi) is 3.89. The van der Waals surface area contributed by atoms with Crippen LogP contribution in [0.25, 0.3) is 0 Å². The van der Waals surface area contributed by atoms with Crippen molar-refractivity contribution in [2.24, 2.45) is 5.92 Å². The Bertz CT molecular complexity index is 185. The van der Waals surface area contributed by atoms with Gasteiger partial charge in [-0.3, -0.25) is 14.5 Å². The van der Waals surface area contributed by atoms with Crippen LogP contribution in [-0.4, -0.2) is 43.9 Å². The topological polar surface area (TPSA) is 46.6 Å². The number of piperidine rings is 1. The van der Waals surface area contributed by atoms with Gasteiger partial charge in [0.25, 0.3) is 0 Å². The number of carbonyl (C=O) groups excluding carboxylic acids is 2. The van der Waals surface area contributed by atoms with Crippen LogP contribution in [0.5, 0.6) is 0 Å². The average molecular weight is 184 g/mol. The Hall–Kier alpha value is -0.900. The molecule has 0 aromatic rings. The molecule has 1 aliphatic rings. The zero-order valence-electron chi connectivity index (χ0n) is 7.78. The van der Waals surface area contributed by atoms with Crippen LogP contribution in [0.2, 0.25) is 0 Å². The van der Waals surface area contributed by atoms with Crippen LogP contribution in [0.1, 0.15) is 12.8 Å². The molecule has 4 heteroatoms. The molecule has 1 radical (unpaired) electrons. The first-order valence-corrected chi connectivity index (χ1v) is 4.43. The summed E-state index contributed by atoms with van der Waals surface area (Å²) in [5.74, 6) is -0.109. The van der Waals surface area contributed by atoms with Crippen LogP contribution in [-0.2, 0) is 14.3 Å². The molecule has 4 nitrogen and oxygen atoms in total. The molecule has 0 N–H and O–H groups in total. The molecule has 0 saturated carbocycles. The first-order chi connectivity index (χ1) is 6.27. The molecule has 73 valence electrons. The fourth-order valence-electron chi connectivity index (χ4n) is 1.58. The molecule has 0 unspecified atom stereocenters. The van der Waals surface area contributed by atoms with Crippen molar-refractivity contribution in [3.63, 3.8) is 0 Å². The summed E-state index contributed by atoms with van der Waals surface area (Å²) < 4.78 is 4.65. The largest absolute Gasteiger partial charge is 0.469 e. The molecule has 1 saturated heterocycles. The van der Waals surface area contributed by atoms with Crippen LogP contribution in [0, 0.1) is 5.92 Å². The van der Waals surface area contributed by atoms with E-state index in [1.54, 1.807) is 0 Å². The first-order valence-electron chi connectivity index (χ1n) is 4.43. The second kappa shape index (κ2) is 4.97. The summed E-state index contributed by atoms with van der Waals surface area (Å²) in [6, 6.07) is 0. The third-order valence-corrected chi connectivity index (χ3v) is 2.41. The van der Waals surface area contributed by atoms with Crippen molar-refractivity contribution in [2.75, 3.05) is 26.7 Å². The summed E-state index contributed by atoms with van der Waals surface area (Å²) in [5, 5.41) is 0. The number of methoxy groups -OCH3 is 1. The first kappa shape index (κ1) is 10.2. The number of hydrogen-bond donors (Lipinski definition) is 0. The molecular weight excluding hydrogens is 170 g/mol. The lowest BCUT2D eigenvalue weighted by Crippen LogP contribution is -2.37. The van der Waals surface area contributed by atoms with E-state index in [1.165, 1.54) is 7.11 Å². The Morgan fingerprint density at radius 1 is 1.54 bits per heavy atom. The molecular formula is C9H14NO3. The normalized spacial score (nSPS) is 19.8. The Labute approximate surface area is 77.8 Å². The van der Waals surface area contributed by atoms with Crippen molar-refractivity contribution in [1.82, 2.24) is 4.90 Å². The number of carbonyl (C=O) groups is 1. The maximum absolute atomic E-state index is 11.1. The van der Waals surface area contributed by atoms with Gasteiger partial charge in [0.2, 0.25) is 6.29 Å². The maximum Gasteiger partial charge on any atom is 0.308 e. The molecule has 0 aliphatic carbocycles. The van der Waals surface area contributed by atoms with Gasteiger partial charge in [0.15, 0.2) is 0 Å². The lowest BCUT2D eigenvalue weighted by molar-refractivity contribution is -0.146. The Morgan fingerprint density at radius 2 is 2.15 bits per heavy atom. The molecule has 1 rings (SSSR count). The fourth-order valence-corrected chi connectivity index (χ4v) is 1.58. The number of hydrogen-bond acceptors (Lipinski definition) is 4. The molecule has 1 heterocycles. The highest BCUT2D eigenvalue weighted by atomic mass is 16.5. The number of esters is 1. The smallest absolute Gasteiger partial charge is 0.308 e. The van der Waals surface area contributed by atoms with Crippen LogP contribution < -0.4 is 0 Å². The van der Waals surface area contributed by atoms with Crippen LogP contribution in [0.4, 0.5) is 0 Å². The predicted molar refractivity (Wildman–Crippen MR) is 46.9 cm³/mol. The third-order valence-electron chi connectivity index (χ3n) is 2.41. The summed E-state index contributed by atoms with van der Waals surface area (Å²) in [4.78, 5) is 23.2. The SMILES string of the molecule is COC(=O)C1CCN(C[C]=O)CC1. The minimum absolute atomic E-state index is 0.0212. The van der Waals surface area contributed by atoms with Gasteiger partial charge in [0.05, 0.1) is 19.6 Å². The molecule has 0 atom stereocenters. The van der Waals surface area contributed by atoms with E-state index in [1.807, 2.05) is 11.2 Å². The lowest BCUT2D eigenvalue weighted by Gasteiger charge is -2.28. The molecule has 0 aromatic carbocycles. The van der Waals surface area contributed by atoms with Crippen LogP contribution >= 0.6 is 0 Å². The molecule has 1 fully saturated rings. The Morgan fingerprint density at radius 3 is 2.62 bits per heavy atom. The van der Waals surface area contributed by atoms with E-state index in [0.717, 1.165) is 25.9 Å². The van der Waals surface area contributed by atoms with Crippen LogP contribution in [0.3, 0.4) is 0 Å². The van der Waals surface area contributed by atoms with Crippen molar-refractivity contribution in [3.8, 4) is 0 Å². The van der Waals surface area contributed by atoms with E-state index in [9.17, 15) is 9.59 Å². The minimum atomic E-state index is -0.130. The number of rotatable bonds is 3. The molecule has 0 amide bonds. The second-order valence-electron chi connectivity index (χ2n) is 3.22.